The Labute approximate surface area is 227 Å². The van der Waals surface area contributed by atoms with Crippen LogP contribution in [0.25, 0.3) is 21.8 Å². The molecule has 38 heavy (non-hydrogen) atoms. The van der Waals surface area contributed by atoms with Gasteiger partial charge in [-0.25, -0.2) is 4.98 Å². The molecule has 0 amide bonds. The van der Waals surface area contributed by atoms with E-state index in [2.05, 4.69) is 19.2 Å². The van der Waals surface area contributed by atoms with E-state index in [4.69, 9.17) is 30.8 Å². The van der Waals surface area contributed by atoms with Crippen LogP contribution in [-0.2, 0) is 9.47 Å². The van der Waals surface area contributed by atoms with Gasteiger partial charge < -0.3 is 40.0 Å². The number of hydrogen-bond donors (Lipinski definition) is 5. The van der Waals surface area contributed by atoms with E-state index in [0.29, 0.717) is 18.0 Å². The number of halogens is 1. The molecule has 4 rings (SSSR count). The van der Waals surface area contributed by atoms with Crippen molar-refractivity contribution in [1.82, 2.24) is 4.98 Å². The van der Waals surface area contributed by atoms with Gasteiger partial charge in [0, 0.05) is 22.3 Å². The highest BCUT2D eigenvalue weighted by molar-refractivity contribution is 6.31. The molecule has 1 saturated heterocycles. The smallest absolute Gasteiger partial charge is 0.187 e. The summed E-state index contributed by atoms with van der Waals surface area (Å²) in [5.41, 5.74) is 1.43. The van der Waals surface area contributed by atoms with Crippen LogP contribution in [-0.4, -0.2) is 82.0 Å². The second-order valence-corrected chi connectivity index (χ2v) is 11.7. The molecule has 5 N–H and O–H groups in total. The van der Waals surface area contributed by atoms with Gasteiger partial charge in [0.25, 0.3) is 0 Å². The second kappa shape index (κ2) is 11.1. The summed E-state index contributed by atoms with van der Waals surface area (Å²) >= 11 is 6.25. The van der Waals surface area contributed by atoms with E-state index in [-0.39, 0.29) is 5.41 Å². The summed E-state index contributed by atoms with van der Waals surface area (Å²) in [4.78, 5) is 4.78. The van der Waals surface area contributed by atoms with Crippen LogP contribution in [0.3, 0.4) is 0 Å². The molecule has 0 saturated carbocycles. The number of fused-ring (bicyclic) bond motifs is 2. The lowest BCUT2D eigenvalue weighted by Crippen LogP contribution is -2.60. The molecule has 1 aromatic heterocycles. The summed E-state index contributed by atoms with van der Waals surface area (Å²) in [6.45, 7) is 8.01. The number of anilines is 1. The monoisotopic (exact) mass is 548 g/mol. The lowest BCUT2D eigenvalue weighted by Gasteiger charge is -2.44. The standard InChI is InChI=1S/C28H37ClN2O7/c1-27(2,13-28(3,4)38-26-25(35)24(34)23(33)21(12-32)37-26)14-30-22-17-8-6-15(29)10-20(17)31-19-9-7-16(36-5)11-18(19)22/h6-11,21,23-26,32-35H,12-14H2,1-5H3,(H,30,31). The zero-order valence-corrected chi connectivity index (χ0v) is 23.1. The van der Waals surface area contributed by atoms with Gasteiger partial charge in [-0.05, 0) is 62.1 Å². The summed E-state index contributed by atoms with van der Waals surface area (Å²) in [5.74, 6) is 0.726. The van der Waals surface area contributed by atoms with E-state index < -0.39 is 42.9 Å². The minimum Gasteiger partial charge on any atom is -0.497 e. The van der Waals surface area contributed by atoms with E-state index in [9.17, 15) is 20.4 Å². The number of aliphatic hydroxyl groups is 4. The number of pyridine rings is 1. The average molecular weight is 549 g/mol. The fourth-order valence-corrected chi connectivity index (χ4v) is 5.44. The first-order valence-corrected chi connectivity index (χ1v) is 13.0. The van der Waals surface area contributed by atoms with Crippen molar-refractivity contribution in [2.75, 3.05) is 25.6 Å². The largest absolute Gasteiger partial charge is 0.497 e. The molecule has 1 fully saturated rings. The highest BCUT2D eigenvalue weighted by atomic mass is 35.5. The topological polar surface area (TPSA) is 134 Å². The molecule has 2 heterocycles. The molecule has 0 bridgehead atoms. The Kier molecular flexibility index (Phi) is 8.40. The SMILES string of the molecule is COc1ccc2nc3cc(Cl)ccc3c(NCC(C)(C)CC(C)(C)OC3OC(CO)C(O)C(O)C3O)c2c1. The number of benzene rings is 2. The van der Waals surface area contributed by atoms with Crippen molar-refractivity contribution in [3.05, 3.63) is 41.4 Å². The Morgan fingerprint density at radius 1 is 0.974 bits per heavy atom. The number of nitrogens with one attached hydrogen (secondary N) is 1. The molecule has 3 aromatic rings. The molecule has 5 atom stereocenters. The van der Waals surface area contributed by atoms with Crippen LogP contribution >= 0.6 is 11.6 Å². The quantitative estimate of drug-likeness (QED) is 0.255. The van der Waals surface area contributed by atoms with Crippen molar-refractivity contribution in [1.29, 1.82) is 0 Å². The van der Waals surface area contributed by atoms with Crippen molar-refractivity contribution in [3.63, 3.8) is 0 Å². The number of methoxy groups -OCH3 is 1. The minimum atomic E-state index is -1.49. The molecule has 1 aliphatic heterocycles. The number of nitrogens with zero attached hydrogens (tertiary/aromatic N) is 1. The maximum Gasteiger partial charge on any atom is 0.187 e. The molecule has 5 unspecified atom stereocenters. The molecular weight excluding hydrogens is 512 g/mol. The summed E-state index contributed by atoms with van der Waals surface area (Å²) in [7, 11) is 1.63. The van der Waals surface area contributed by atoms with Gasteiger partial charge in [-0.1, -0.05) is 25.4 Å². The zero-order valence-electron chi connectivity index (χ0n) is 22.3. The summed E-state index contributed by atoms with van der Waals surface area (Å²) in [5, 5.41) is 46.2. The fourth-order valence-electron chi connectivity index (χ4n) is 5.28. The first kappa shape index (κ1) is 28.8. The Hall–Kier alpha value is -2.24. The molecule has 0 spiro atoms. The van der Waals surface area contributed by atoms with Gasteiger partial charge >= 0.3 is 0 Å². The molecule has 9 nitrogen and oxygen atoms in total. The van der Waals surface area contributed by atoms with Gasteiger partial charge in [-0.15, -0.1) is 0 Å². The lowest BCUT2D eigenvalue weighted by atomic mass is 9.81. The van der Waals surface area contributed by atoms with Gasteiger partial charge in [0.15, 0.2) is 6.29 Å². The summed E-state index contributed by atoms with van der Waals surface area (Å²) < 4.78 is 17.1. The molecule has 10 heteroatoms. The highest BCUT2D eigenvalue weighted by Crippen LogP contribution is 2.37. The maximum atomic E-state index is 10.4. The van der Waals surface area contributed by atoms with Crippen LogP contribution in [0.2, 0.25) is 5.02 Å². The number of aliphatic hydroxyl groups excluding tert-OH is 4. The van der Waals surface area contributed by atoms with E-state index >= 15 is 0 Å². The predicted molar refractivity (Wildman–Crippen MR) is 147 cm³/mol. The van der Waals surface area contributed by atoms with Crippen LogP contribution in [0, 0.1) is 5.41 Å². The van der Waals surface area contributed by atoms with Crippen LogP contribution < -0.4 is 10.1 Å². The first-order valence-electron chi connectivity index (χ1n) is 12.6. The van der Waals surface area contributed by atoms with E-state index in [1.54, 1.807) is 7.11 Å². The van der Waals surface area contributed by atoms with Crippen molar-refractivity contribution >= 4 is 39.1 Å². The van der Waals surface area contributed by atoms with E-state index in [1.807, 2.05) is 50.2 Å². The Morgan fingerprint density at radius 2 is 1.71 bits per heavy atom. The first-order chi connectivity index (χ1) is 17.8. The van der Waals surface area contributed by atoms with Gasteiger partial charge in [0.2, 0.25) is 0 Å². The Bertz CT molecular complexity index is 1280. The lowest BCUT2D eigenvalue weighted by molar-refractivity contribution is -0.325. The van der Waals surface area contributed by atoms with Crippen molar-refractivity contribution in [2.45, 2.75) is 70.4 Å². The van der Waals surface area contributed by atoms with Crippen LogP contribution in [0.15, 0.2) is 36.4 Å². The van der Waals surface area contributed by atoms with Crippen LogP contribution in [0.1, 0.15) is 34.1 Å². The second-order valence-electron chi connectivity index (χ2n) is 11.3. The average Bonchev–Trinajstić information content (AvgIpc) is 2.85. The number of hydrogen-bond acceptors (Lipinski definition) is 9. The number of rotatable bonds is 9. The van der Waals surface area contributed by atoms with Crippen molar-refractivity contribution in [3.8, 4) is 5.75 Å². The third kappa shape index (κ3) is 6.15. The van der Waals surface area contributed by atoms with Crippen LogP contribution in [0.4, 0.5) is 5.69 Å². The molecule has 0 aliphatic carbocycles. The fraction of sp³-hybridized carbons (Fsp3) is 0.536. The van der Waals surface area contributed by atoms with Crippen molar-refractivity contribution in [2.24, 2.45) is 5.41 Å². The molecule has 0 radical (unpaired) electrons. The third-order valence-corrected chi connectivity index (χ3v) is 7.11. The Morgan fingerprint density at radius 3 is 2.39 bits per heavy atom. The number of aromatic nitrogens is 1. The highest BCUT2D eigenvalue weighted by Gasteiger charge is 2.46. The summed E-state index contributed by atoms with van der Waals surface area (Å²) in [6.07, 6.45) is -6.05. The number of ether oxygens (including phenoxy) is 3. The summed E-state index contributed by atoms with van der Waals surface area (Å²) in [6, 6.07) is 11.4. The molecule has 208 valence electrons. The van der Waals surface area contributed by atoms with Gasteiger partial charge in [-0.3, -0.25) is 0 Å². The van der Waals surface area contributed by atoms with Crippen LogP contribution in [0.5, 0.6) is 5.75 Å². The van der Waals surface area contributed by atoms with E-state index in [1.165, 1.54) is 0 Å². The van der Waals surface area contributed by atoms with Gasteiger partial charge in [-0.2, -0.15) is 0 Å². The zero-order chi connectivity index (χ0) is 27.8. The maximum absolute atomic E-state index is 10.4. The third-order valence-electron chi connectivity index (χ3n) is 6.87. The van der Waals surface area contributed by atoms with Gasteiger partial charge in [0.05, 0.1) is 36.0 Å². The predicted octanol–water partition coefficient (Wildman–Crippen LogP) is 3.47. The Balaban J connectivity index is 1.55. The van der Waals surface area contributed by atoms with Crippen molar-refractivity contribution < 1.29 is 34.6 Å². The van der Waals surface area contributed by atoms with Gasteiger partial charge in [0.1, 0.15) is 30.2 Å². The molecule has 2 aromatic carbocycles. The molecule has 1 aliphatic rings. The van der Waals surface area contributed by atoms with E-state index in [0.717, 1.165) is 33.2 Å². The minimum absolute atomic E-state index is 0.301. The normalized spacial score (nSPS) is 24.6. The molecular formula is C28H37ClN2O7.